The maximum atomic E-state index is 14.6. The number of amides is 1. The molecule has 3 aromatic carbocycles. The summed E-state index contributed by atoms with van der Waals surface area (Å²) in [4.78, 5) is 30.4. The van der Waals surface area contributed by atoms with Crippen LogP contribution in [-0.2, 0) is 4.79 Å². The van der Waals surface area contributed by atoms with Crippen molar-refractivity contribution in [1.29, 1.82) is 0 Å². The van der Waals surface area contributed by atoms with E-state index in [1.165, 1.54) is 6.07 Å². The van der Waals surface area contributed by atoms with Crippen LogP contribution in [-0.4, -0.2) is 21.2 Å². The average Bonchev–Trinajstić information content (AvgIpc) is 2.79. The van der Waals surface area contributed by atoms with Gasteiger partial charge in [-0.05, 0) is 41.8 Å². The lowest BCUT2D eigenvalue weighted by Gasteiger charge is -2.15. The van der Waals surface area contributed by atoms with Crippen molar-refractivity contribution in [3.63, 3.8) is 0 Å². The van der Waals surface area contributed by atoms with E-state index < -0.39 is 17.2 Å². The van der Waals surface area contributed by atoms with Gasteiger partial charge in [0.2, 0.25) is 5.91 Å². The van der Waals surface area contributed by atoms with Gasteiger partial charge in [-0.3, -0.25) is 14.2 Å². The van der Waals surface area contributed by atoms with Crippen molar-refractivity contribution in [1.82, 2.24) is 9.55 Å². The van der Waals surface area contributed by atoms with E-state index >= 15 is 0 Å². The molecule has 1 N–H and O–H groups in total. The fraction of sp³-hybridized carbons (Fsp3) is 0.160. The zero-order valence-corrected chi connectivity index (χ0v) is 18.8. The number of thioether (sulfide) groups is 1. The fourth-order valence-corrected chi connectivity index (χ4v) is 4.32. The van der Waals surface area contributed by atoms with Crippen LogP contribution in [0.25, 0.3) is 16.6 Å². The van der Waals surface area contributed by atoms with Crippen LogP contribution >= 0.6 is 11.8 Å². The molecule has 4 rings (SSSR count). The molecule has 0 bridgehead atoms. The fourth-order valence-electron chi connectivity index (χ4n) is 3.51. The van der Waals surface area contributed by atoms with Gasteiger partial charge in [-0.15, -0.1) is 0 Å². The molecule has 0 spiro atoms. The first-order chi connectivity index (χ1) is 15.8. The molecule has 0 unspecified atom stereocenters. The van der Waals surface area contributed by atoms with Crippen molar-refractivity contribution in [3.8, 4) is 5.69 Å². The predicted molar refractivity (Wildman–Crippen MR) is 127 cm³/mol. The summed E-state index contributed by atoms with van der Waals surface area (Å²) in [6.07, 6.45) is 0. The molecular weight excluding hydrogens is 444 g/mol. The first kappa shape index (κ1) is 22.7. The molecule has 0 radical (unpaired) electrons. The maximum Gasteiger partial charge on any atom is 0.266 e. The maximum absolute atomic E-state index is 14.6. The van der Waals surface area contributed by atoms with Crippen LogP contribution < -0.4 is 10.9 Å². The number of aromatic nitrogens is 2. The molecule has 0 fully saturated rings. The van der Waals surface area contributed by atoms with Gasteiger partial charge < -0.3 is 5.32 Å². The molecule has 1 amide bonds. The van der Waals surface area contributed by atoms with E-state index in [9.17, 15) is 18.4 Å². The Kier molecular flexibility index (Phi) is 6.55. The Morgan fingerprint density at radius 3 is 2.55 bits per heavy atom. The second-order valence-corrected chi connectivity index (χ2v) is 8.67. The highest BCUT2D eigenvalue weighted by Crippen LogP contribution is 2.26. The third-order valence-electron chi connectivity index (χ3n) is 5.08. The van der Waals surface area contributed by atoms with Crippen molar-refractivity contribution >= 4 is 34.3 Å². The van der Waals surface area contributed by atoms with Crippen molar-refractivity contribution in [2.24, 2.45) is 0 Å². The molecule has 0 saturated heterocycles. The molecule has 1 aromatic heterocycles. The molecule has 8 heteroatoms. The van der Waals surface area contributed by atoms with E-state index in [0.29, 0.717) is 22.7 Å². The Balaban J connectivity index is 1.69. The summed E-state index contributed by atoms with van der Waals surface area (Å²) in [5.41, 5.74) is 1.51. The van der Waals surface area contributed by atoms with Gasteiger partial charge in [-0.2, -0.15) is 0 Å². The number of halogens is 2. The SMILES string of the molecule is CC(C)c1ccccc1NC(=O)CSc1nc2ccccc2c(=O)n1-c1ccc(F)cc1F. The van der Waals surface area contributed by atoms with Gasteiger partial charge in [0.25, 0.3) is 5.56 Å². The summed E-state index contributed by atoms with van der Waals surface area (Å²) in [7, 11) is 0. The molecule has 0 aliphatic rings. The summed E-state index contributed by atoms with van der Waals surface area (Å²) in [5.74, 6) is -1.77. The second-order valence-electron chi connectivity index (χ2n) is 7.73. The van der Waals surface area contributed by atoms with Crippen molar-refractivity contribution in [2.75, 3.05) is 11.1 Å². The van der Waals surface area contributed by atoms with Gasteiger partial charge in [0.05, 0.1) is 22.3 Å². The monoisotopic (exact) mass is 465 g/mol. The van der Waals surface area contributed by atoms with E-state index in [2.05, 4.69) is 10.3 Å². The molecular formula is C25H21F2N3O2S. The number of nitrogens with one attached hydrogen (secondary N) is 1. The van der Waals surface area contributed by atoms with Crippen LogP contribution in [0.3, 0.4) is 0 Å². The quantitative estimate of drug-likeness (QED) is 0.301. The number of hydrogen-bond acceptors (Lipinski definition) is 4. The smallest absolute Gasteiger partial charge is 0.266 e. The third-order valence-corrected chi connectivity index (χ3v) is 6.02. The number of nitrogens with zero attached hydrogens (tertiary/aromatic N) is 2. The Morgan fingerprint density at radius 2 is 1.79 bits per heavy atom. The number of benzene rings is 3. The highest BCUT2D eigenvalue weighted by molar-refractivity contribution is 7.99. The second kappa shape index (κ2) is 9.54. The molecule has 4 aromatic rings. The minimum absolute atomic E-state index is 0.0555. The highest BCUT2D eigenvalue weighted by Gasteiger charge is 2.18. The van der Waals surface area contributed by atoms with E-state index in [1.54, 1.807) is 24.3 Å². The van der Waals surface area contributed by atoms with Crippen LogP contribution in [0.1, 0.15) is 25.3 Å². The predicted octanol–water partition coefficient (Wildman–Crippen LogP) is 5.52. The standard InChI is InChI=1S/C25H21F2N3O2S/c1-15(2)17-7-3-5-9-20(17)28-23(31)14-33-25-29-21-10-6-4-8-18(21)24(32)30(25)22-12-11-16(26)13-19(22)27/h3-13,15H,14H2,1-2H3,(H,28,31). The Morgan fingerprint density at radius 1 is 1.06 bits per heavy atom. The minimum atomic E-state index is -0.897. The van der Waals surface area contributed by atoms with Crippen LogP contribution in [0.2, 0.25) is 0 Å². The number of para-hydroxylation sites is 2. The van der Waals surface area contributed by atoms with Gasteiger partial charge in [0.15, 0.2) is 5.16 Å². The number of fused-ring (bicyclic) bond motifs is 1. The van der Waals surface area contributed by atoms with Gasteiger partial charge in [-0.1, -0.05) is 55.9 Å². The number of carbonyl (C=O) groups excluding carboxylic acids is 1. The zero-order chi connectivity index (χ0) is 23.5. The third kappa shape index (κ3) is 4.80. The molecule has 168 valence electrons. The normalized spacial score (nSPS) is 11.2. The number of rotatable bonds is 6. The molecule has 0 saturated carbocycles. The summed E-state index contributed by atoms with van der Waals surface area (Å²) >= 11 is 1.00. The van der Waals surface area contributed by atoms with Crippen molar-refractivity contribution in [3.05, 3.63) is 94.3 Å². The Labute approximate surface area is 193 Å². The lowest BCUT2D eigenvalue weighted by molar-refractivity contribution is -0.113. The molecule has 0 aliphatic heterocycles. The number of hydrogen-bond donors (Lipinski definition) is 1. The van der Waals surface area contributed by atoms with Gasteiger partial charge in [0, 0.05) is 11.8 Å². The summed E-state index contributed by atoms with van der Waals surface area (Å²) in [5, 5.41) is 3.32. The van der Waals surface area contributed by atoms with Crippen LogP contribution in [0.5, 0.6) is 0 Å². The number of carbonyl (C=O) groups is 1. The van der Waals surface area contributed by atoms with Crippen molar-refractivity contribution < 1.29 is 13.6 Å². The molecule has 1 heterocycles. The average molecular weight is 466 g/mol. The highest BCUT2D eigenvalue weighted by atomic mass is 32.2. The van der Waals surface area contributed by atoms with Gasteiger partial charge >= 0.3 is 0 Å². The first-order valence-corrected chi connectivity index (χ1v) is 11.3. The summed E-state index contributed by atoms with van der Waals surface area (Å²) in [6, 6.07) is 17.2. The van der Waals surface area contributed by atoms with E-state index in [0.717, 1.165) is 28.0 Å². The van der Waals surface area contributed by atoms with E-state index in [-0.39, 0.29) is 28.4 Å². The van der Waals surface area contributed by atoms with Gasteiger partial charge in [-0.25, -0.2) is 13.8 Å². The summed E-state index contributed by atoms with van der Waals surface area (Å²) in [6.45, 7) is 4.07. The lowest BCUT2D eigenvalue weighted by atomic mass is 10.0. The lowest BCUT2D eigenvalue weighted by Crippen LogP contribution is -2.24. The number of anilines is 1. The largest absolute Gasteiger partial charge is 0.325 e. The van der Waals surface area contributed by atoms with E-state index in [1.807, 2.05) is 38.1 Å². The molecule has 33 heavy (non-hydrogen) atoms. The van der Waals surface area contributed by atoms with Crippen LogP contribution in [0.15, 0.2) is 76.7 Å². The molecule has 0 aliphatic carbocycles. The van der Waals surface area contributed by atoms with Crippen LogP contribution in [0.4, 0.5) is 14.5 Å². The summed E-state index contributed by atoms with van der Waals surface area (Å²) < 4.78 is 29.1. The Hall–Kier alpha value is -3.52. The minimum Gasteiger partial charge on any atom is -0.325 e. The first-order valence-electron chi connectivity index (χ1n) is 10.3. The van der Waals surface area contributed by atoms with Gasteiger partial charge in [0.1, 0.15) is 11.6 Å². The topological polar surface area (TPSA) is 64.0 Å². The molecule has 0 atom stereocenters. The zero-order valence-electron chi connectivity index (χ0n) is 18.0. The van der Waals surface area contributed by atoms with E-state index in [4.69, 9.17) is 0 Å². The van der Waals surface area contributed by atoms with Crippen molar-refractivity contribution in [2.45, 2.75) is 24.9 Å². The van der Waals surface area contributed by atoms with Crippen LogP contribution in [0, 0.1) is 11.6 Å². The molecule has 5 nitrogen and oxygen atoms in total. The Bertz CT molecular complexity index is 1400.